The molecule has 0 bridgehead atoms. The molecule has 0 aliphatic rings. The van der Waals surface area contributed by atoms with Crippen LogP contribution in [0, 0.1) is 0 Å². The second kappa shape index (κ2) is 8.93. The molecule has 0 aromatic rings. The van der Waals surface area contributed by atoms with Crippen LogP contribution in [-0.4, -0.2) is 52.6 Å². The number of nitrogens with zero attached hydrogens (tertiary/aromatic N) is 1. The highest BCUT2D eigenvalue weighted by molar-refractivity contribution is 4.40. The molecule has 0 atom stereocenters. The molecule has 0 heterocycles. The van der Waals surface area contributed by atoms with Crippen molar-refractivity contribution in [2.45, 2.75) is 6.42 Å². The van der Waals surface area contributed by atoms with Crippen LogP contribution in [0.4, 0.5) is 0 Å². The molecule has 0 unspecified atom stereocenters. The zero-order chi connectivity index (χ0) is 9.23. The van der Waals surface area contributed by atoms with Crippen LogP contribution in [0.25, 0.3) is 0 Å². The van der Waals surface area contributed by atoms with Crippen molar-refractivity contribution in [2.75, 3.05) is 47.6 Å². The second-order valence-electron chi connectivity index (χ2n) is 2.76. The predicted molar refractivity (Wildman–Crippen MR) is 49.0 cm³/mol. The Morgan fingerprint density at radius 2 is 1.92 bits per heavy atom. The maximum absolute atomic E-state index is 5.27. The van der Waals surface area contributed by atoms with Crippen molar-refractivity contribution < 1.29 is 9.47 Å². The minimum atomic E-state index is 0.682. The van der Waals surface area contributed by atoms with Crippen LogP contribution in [0.1, 0.15) is 6.42 Å². The van der Waals surface area contributed by atoms with E-state index in [1.54, 1.807) is 7.11 Å². The molecule has 0 saturated carbocycles. The molecule has 1 N–H and O–H groups in total. The Kier molecular flexibility index (Phi) is 8.81. The normalized spacial score (nSPS) is 11.0. The molecule has 4 nitrogen and oxygen atoms in total. The number of nitrogens with one attached hydrogen (secondary N) is 1. The lowest BCUT2D eigenvalue weighted by Gasteiger charge is -2.11. The summed E-state index contributed by atoms with van der Waals surface area (Å²) in [4.78, 5) is 0. The lowest BCUT2D eigenvalue weighted by Crippen LogP contribution is -2.31. The van der Waals surface area contributed by atoms with Gasteiger partial charge in [-0.2, -0.15) is 0 Å². The van der Waals surface area contributed by atoms with E-state index in [2.05, 4.69) is 5.43 Å². The number of hydrogen-bond donors (Lipinski definition) is 1. The smallest absolute Gasteiger partial charge is 0.0700 e. The Morgan fingerprint density at radius 3 is 2.50 bits per heavy atom. The summed E-state index contributed by atoms with van der Waals surface area (Å²) in [6, 6.07) is 0. The van der Waals surface area contributed by atoms with Gasteiger partial charge in [0.15, 0.2) is 0 Å². The average Bonchev–Trinajstić information content (AvgIpc) is 2.02. The average molecular weight is 176 g/mol. The maximum Gasteiger partial charge on any atom is 0.0700 e. The quantitative estimate of drug-likeness (QED) is 0.420. The Bertz CT molecular complexity index is 89.1. The molecule has 0 aromatic carbocycles. The van der Waals surface area contributed by atoms with Crippen LogP contribution in [-0.2, 0) is 9.47 Å². The van der Waals surface area contributed by atoms with Gasteiger partial charge < -0.3 is 9.47 Å². The molecule has 0 aliphatic heterocycles. The van der Waals surface area contributed by atoms with Gasteiger partial charge in [0.25, 0.3) is 0 Å². The van der Waals surface area contributed by atoms with Crippen molar-refractivity contribution >= 4 is 0 Å². The minimum Gasteiger partial charge on any atom is -0.382 e. The first-order chi connectivity index (χ1) is 5.77. The summed E-state index contributed by atoms with van der Waals surface area (Å²) < 4.78 is 10.1. The molecular formula is C8H20N2O2. The van der Waals surface area contributed by atoms with E-state index in [9.17, 15) is 0 Å². The van der Waals surface area contributed by atoms with Crippen molar-refractivity contribution in [3.63, 3.8) is 0 Å². The van der Waals surface area contributed by atoms with Gasteiger partial charge in [-0.05, 0) is 6.42 Å². The minimum absolute atomic E-state index is 0.682. The van der Waals surface area contributed by atoms with Crippen LogP contribution in [0.5, 0.6) is 0 Å². The van der Waals surface area contributed by atoms with E-state index < -0.39 is 0 Å². The summed E-state index contributed by atoms with van der Waals surface area (Å²) in [5.41, 5.74) is 3.16. The van der Waals surface area contributed by atoms with Gasteiger partial charge in [-0.15, -0.1) is 0 Å². The largest absolute Gasteiger partial charge is 0.382 e. The van der Waals surface area contributed by atoms with Crippen LogP contribution < -0.4 is 5.43 Å². The number of rotatable bonds is 8. The van der Waals surface area contributed by atoms with Gasteiger partial charge in [0.05, 0.1) is 13.2 Å². The molecule has 0 fully saturated rings. The molecule has 0 rings (SSSR count). The van der Waals surface area contributed by atoms with Gasteiger partial charge in [-0.1, -0.05) is 0 Å². The molecule has 0 amide bonds. The Morgan fingerprint density at radius 1 is 1.17 bits per heavy atom. The zero-order valence-corrected chi connectivity index (χ0v) is 8.30. The highest BCUT2D eigenvalue weighted by atomic mass is 16.5. The number of ether oxygens (including phenoxy) is 2. The van der Waals surface area contributed by atoms with Crippen molar-refractivity contribution in [2.24, 2.45) is 0 Å². The van der Waals surface area contributed by atoms with E-state index in [0.29, 0.717) is 13.2 Å². The lowest BCUT2D eigenvalue weighted by molar-refractivity contribution is 0.0678. The maximum atomic E-state index is 5.27. The third kappa shape index (κ3) is 9.84. The molecule has 0 aliphatic carbocycles. The summed E-state index contributed by atoms with van der Waals surface area (Å²) in [5, 5.41) is 1.94. The first kappa shape index (κ1) is 11.8. The number of methoxy groups -OCH3 is 1. The molecule has 0 aromatic heterocycles. The SMILES string of the molecule is COCCOCCCNN(C)C. The van der Waals surface area contributed by atoms with Crippen molar-refractivity contribution in [3.8, 4) is 0 Å². The van der Waals surface area contributed by atoms with E-state index in [0.717, 1.165) is 19.6 Å². The molecule has 0 saturated heterocycles. The highest BCUT2D eigenvalue weighted by Crippen LogP contribution is 1.81. The molecule has 4 heteroatoms. The van der Waals surface area contributed by atoms with Crippen molar-refractivity contribution in [3.05, 3.63) is 0 Å². The summed E-state index contributed by atoms with van der Waals surface area (Å²) in [5.74, 6) is 0. The molecular weight excluding hydrogens is 156 g/mol. The first-order valence-electron chi connectivity index (χ1n) is 4.25. The fourth-order valence-electron chi connectivity index (χ4n) is 0.721. The van der Waals surface area contributed by atoms with Gasteiger partial charge in [-0.25, -0.2) is 0 Å². The predicted octanol–water partition coefficient (Wildman–Crippen LogP) is 0.106. The zero-order valence-electron chi connectivity index (χ0n) is 8.30. The van der Waals surface area contributed by atoms with Crippen LogP contribution >= 0.6 is 0 Å². The van der Waals surface area contributed by atoms with Crippen LogP contribution in [0.15, 0.2) is 0 Å². The van der Waals surface area contributed by atoms with Crippen LogP contribution in [0.3, 0.4) is 0 Å². The molecule has 12 heavy (non-hydrogen) atoms. The topological polar surface area (TPSA) is 33.7 Å². The van der Waals surface area contributed by atoms with Gasteiger partial charge in [0, 0.05) is 34.4 Å². The van der Waals surface area contributed by atoms with E-state index in [1.165, 1.54) is 0 Å². The lowest BCUT2D eigenvalue weighted by atomic mass is 10.5. The third-order valence-corrected chi connectivity index (χ3v) is 1.33. The highest BCUT2D eigenvalue weighted by Gasteiger charge is 1.89. The Hall–Kier alpha value is -0.160. The first-order valence-corrected chi connectivity index (χ1v) is 4.25. The van der Waals surface area contributed by atoms with Crippen molar-refractivity contribution in [1.29, 1.82) is 0 Å². The van der Waals surface area contributed by atoms with E-state index >= 15 is 0 Å². The Labute approximate surface area is 74.8 Å². The number of hydrazine groups is 1. The van der Waals surface area contributed by atoms with Crippen molar-refractivity contribution in [1.82, 2.24) is 10.4 Å². The van der Waals surface area contributed by atoms with E-state index in [1.807, 2.05) is 19.1 Å². The van der Waals surface area contributed by atoms with Gasteiger partial charge >= 0.3 is 0 Å². The second-order valence-corrected chi connectivity index (χ2v) is 2.76. The monoisotopic (exact) mass is 176 g/mol. The van der Waals surface area contributed by atoms with Gasteiger partial charge in [-0.3, -0.25) is 10.4 Å². The fraction of sp³-hybridized carbons (Fsp3) is 1.00. The summed E-state index contributed by atoms with van der Waals surface area (Å²) in [6.07, 6.45) is 1.03. The van der Waals surface area contributed by atoms with Gasteiger partial charge in [0.2, 0.25) is 0 Å². The Balaban J connectivity index is 2.82. The fourth-order valence-corrected chi connectivity index (χ4v) is 0.721. The van der Waals surface area contributed by atoms with Gasteiger partial charge in [0.1, 0.15) is 0 Å². The standard InChI is InChI=1S/C8H20N2O2/c1-10(2)9-5-4-6-12-8-7-11-3/h9H,4-8H2,1-3H3. The van der Waals surface area contributed by atoms with E-state index in [4.69, 9.17) is 9.47 Å². The van der Waals surface area contributed by atoms with E-state index in [-0.39, 0.29) is 0 Å². The number of hydrogen-bond acceptors (Lipinski definition) is 4. The summed E-state index contributed by atoms with van der Waals surface area (Å²) >= 11 is 0. The molecule has 74 valence electrons. The summed E-state index contributed by atoms with van der Waals surface area (Å²) in [6.45, 7) is 3.13. The molecule has 0 radical (unpaired) electrons. The summed E-state index contributed by atoms with van der Waals surface area (Å²) in [7, 11) is 5.63. The third-order valence-electron chi connectivity index (χ3n) is 1.33. The van der Waals surface area contributed by atoms with Crippen LogP contribution in [0.2, 0.25) is 0 Å². The molecule has 0 spiro atoms.